The lowest BCUT2D eigenvalue weighted by atomic mass is 10.1. The molecular formula is C22H21N7O. The van der Waals surface area contributed by atoms with E-state index in [0.717, 1.165) is 27.8 Å². The summed E-state index contributed by atoms with van der Waals surface area (Å²) in [5.41, 5.74) is 11.7. The van der Waals surface area contributed by atoms with Crippen molar-refractivity contribution < 1.29 is 4.79 Å². The van der Waals surface area contributed by atoms with Gasteiger partial charge in [-0.05, 0) is 55.8 Å². The number of hydrogen-bond acceptors (Lipinski definition) is 5. The van der Waals surface area contributed by atoms with E-state index in [1.54, 1.807) is 21.7 Å². The predicted molar refractivity (Wildman–Crippen MR) is 115 cm³/mol. The van der Waals surface area contributed by atoms with E-state index in [0.29, 0.717) is 30.0 Å². The highest BCUT2D eigenvalue weighted by atomic mass is 16.2. The Hall–Kier alpha value is -3.94. The van der Waals surface area contributed by atoms with Crippen LogP contribution in [0, 0.1) is 6.92 Å². The highest BCUT2D eigenvalue weighted by Crippen LogP contribution is 2.23. The second kappa shape index (κ2) is 6.84. The van der Waals surface area contributed by atoms with Crippen molar-refractivity contribution in [2.75, 3.05) is 12.3 Å². The van der Waals surface area contributed by atoms with Crippen LogP contribution in [0.1, 0.15) is 28.5 Å². The number of nitrogens with two attached hydrogens (primary N) is 1. The van der Waals surface area contributed by atoms with Crippen LogP contribution in [0.4, 0.5) is 5.82 Å². The largest absolute Gasteiger partial charge is 0.382 e. The van der Waals surface area contributed by atoms with E-state index in [2.05, 4.69) is 15.2 Å². The molecule has 5 rings (SSSR count). The summed E-state index contributed by atoms with van der Waals surface area (Å²) in [5.74, 6) is 0.365. The van der Waals surface area contributed by atoms with Crippen molar-refractivity contribution in [2.24, 2.45) is 0 Å². The molecule has 0 fully saturated rings. The zero-order chi connectivity index (χ0) is 20.8. The molecule has 0 aliphatic rings. The normalized spacial score (nSPS) is 11.5. The summed E-state index contributed by atoms with van der Waals surface area (Å²) >= 11 is 0. The minimum Gasteiger partial charge on any atom is -0.382 e. The van der Waals surface area contributed by atoms with E-state index >= 15 is 0 Å². The highest BCUT2D eigenvalue weighted by molar-refractivity contribution is 5.98. The molecule has 1 aromatic carbocycles. The number of nitrogen functional groups attached to an aromatic ring is 1. The van der Waals surface area contributed by atoms with Crippen LogP contribution >= 0.6 is 0 Å². The standard InChI is InChI=1S/C22H21N7O/c1-3-27(13-16-11-17-6-4-5-9-28(17)26-16)22(30)15-7-8-18-19(10-15)29-20(21(23)25-18)14(2)12-24-29/h4-12H,3,13H2,1-2H3,(H2,23,25). The number of benzene rings is 1. The Labute approximate surface area is 172 Å². The second-order valence-electron chi connectivity index (χ2n) is 7.31. The Balaban J connectivity index is 1.52. The monoisotopic (exact) mass is 399 g/mol. The van der Waals surface area contributed by atoms with Gasteiger partial charge in [0.25, 0.3) is 5.91 Å². The molecule has 8 nitrogen and oxygen atoms in total. The Morgan fingerprint density at radius 1 is 1.20 bits per heavy atom. The minimum atomic E-state index is -0.0645. The van der Waals surface area contributed by atoms with Crippen molar-refractivity contribution in [3.63, 3.8) is 0 Å². The van der Waals surface area contributed by atoms with E-state index in [4.69, 9.17) is 5.73 Å². The molecule has 30 heavy (non-hydrogen) atoms. The zero-order valence-electron chi connectivity index (χ0n) is 16.8. The summed E-state index contributed by atoms with van der Waals surface area (Å²) < 4.78 is 3.57. The van der Waals surface area contributed by atoms with Crippen LogP contribution in [0.25, 0.3) is 22.1 Å². The molecule has 0 unspecified atom stereocenters. The maximum atomic E-state index is 13.3. The topological polar surface area (TPSA) is 93.8 Å². The van der Waals surface area contributed by atoms with Crippen LogP contribution < -0.4 is 5.73 Å². The van der Waals surface area contributed by atoms with Gasteiger partial charge in [0.1, 0.15) is 5.52 Å². The Morgan fingerprint density at radius 2 is 2.07 bits per heavy atom. The predicted octanol–water partition coefficient (Wildman–Crippen LogP) is 3.08. The number of nitrogens with zero attached hydrogens (tertiary/aromatic N) is 6. The van der Waals surface area contributed by atoms with Crippen LogP contribution in [0.2, 0.25) is 0 Å². The van der Waals surface area contributed by atoms with E-state index < -0.39 is 0 Å². The molecule has 0 radical (unpaired) electrons. The minimum absolute atomic E-state index is 0.0645. The third-order valence-electron chi connectivity index (χ3n) is 5.33. The number of carbonyl (C=O) groups excluding carboxylic acids is 1. The van der Waals surface area contributed by atoms with Crippen molar-refractivity contribution >= 4 is 33.8 Å². The maximum Gasteiger partial charge on any atom is 0.254 e. The van der Waals surface area contributed by atoms with Gasteiger partial charge in [0.05, 0.1) is 35.0 Å². The SMILES string of the molecule is CCN(Cc1cc2ccccn2n1)C(=O)c1ccc2nc(N)c3c(C)cnn3c2c1. The van der Waals surface area contributed by atoms with Crippen molar-refractivity contribution in [2.45, 2.75) is 20.4 Å². The fourth-order valence-corrected chi connectivity index (χ4v) is 3.80. The first kappa shape index (κ1) is 18.1. The molecule has 4 aromatic heterocycles. The molecule has 0 aliphatic heterocycles. The van der Waals surface area contributed by atoms with Gasteiger partial charge in [0.2, 0.25) is 0 Å². The molecule has 4 heterocycles. The molecule has 150 valence electrons. The summed E-state index contributed by atoms with van der Waals surface area (Å²) in [4.78, 5) is 19.5. The average Bonchev–Trinajstić information content (AvgIpc) is 3.35. The van der Waals surface area contributed by atoms with Crippen LogP contribution in [0.15, 0.2) is 54.9 Å². The number of carbonyl (C=O) groups is 1. The summed E-state index contributed by atoms with van der Waals surface area (Å²) in [7, 11) is 0. The van der Waals surface area contributed by atoms with Crippen LogP contribution in [-0.2, 0) is 6.54 Å². The van der Waals surface area contributed by atoms with E-state index in [1.165, 1.54) is 0 Å². The number of fused-ring (bicyclic) bond motifs is 4. The number of hydrogen-bond donors (Lipinski definition) is 1. The third-order valence-corrected chi connectivity index (χ3v) is 5.33. The lowest BCUT2D eigenvalue weighted by Gasteiger charge is -2.20. The van der Waals surface area contributed by atoms with Crippen molar-refractivity contribution in [3.05, 3.63) is 71.7 Å². The fourth-order valence-electron chi connectivity index (χ4n) is 3.80. The van der Waals surface area contributed by atoms with Crippen molar-refractivity contribution in [3.8, 4) is 0 Å². The molecule has 0 spiro atoms. The highest BCUT2D eigenvalue weighted by Gasteiger charge is 2.18. The number of rotatable bonds is 4. The second-order valence-corrected chi connectivity index (χ2v) is 7.31. The van der Waals surface area contributed by atoms with E-state index in [1.807, 2.05) is 61.0 Å². The molecule has 0 saturated carbocycles. The maximum absolute atomic E-state index is 13.3. The van der Waals surface area contributed by atoms with Gasteiger partial charge in [-0.1, -0.05) is 6.07 Å². The van der Waals surface area contributed by atoms with Crippen molar-refractivity contribution in [1.82, 2.24) is 29.1 Å². The van der Waals surface area contributed by atoms with Gasteiger partial charge >= 0.3 is 0 Å². The van der Waals surface area contributed by atoms with Crippen LogP contribution in [-0.4, -0.2) is 41.6 Å². The lowest BCUT2D eigenvalue weighted by molar-refractivity contribution is 0.0750. The number of aryl methyl sites for hydroxylation is 1. The molecular weight excluding hydrogens is 378 g/mol. The summed E-state index contributed by atoms with van der Waals surface area (Å²) in [6.07, 6.45) is 3.65. The molecule has 0 aliphatic carbocycles. The van der Waals surface area contributed by atoms with E-state index in [-0.39, 0.29) is 5.91 Å². The summed E-state index contributed by atoms with van der Waals surface area (Å²) in [5, 5.41) is 8.99. The Morgan fingerprint density at radius 3 is 2.87 bits per heavy atom. The van der Waals surface area contributed by atoms with E-state index in [9.17, 15) is 4.79 Å². The molecule has 1 amide bonds. The quantitative estimate of drug-likeness (QED) is 0.501. The molecule has 0 bridgehead atoms. The summed E-state index contributed by atoms with van der Waals surface area (Å²) in [6.45, 7) is 4.91. The van der Waals surface area contributed by atoms with Gasteiger partial charge in [0, 0.05) is 18.3 Å². The Kier molecular flexibility index (Phi) is 4.13. The first-order chi connectivity index (χ1) is 14.5. The van der Waals surface area contributed by atoms with Crippen LogP contribution in [0.3, 0.4) is 0 Å². The molecule has 8 heteroatoms. The first-order valence-corrected chi connectivity index (χ1v) is 9.81. The lowest BCUT2D eigenvalue weighted by Crippen LogP contribution is -2.30. The van der Waals surface area contributed by atoms with Gasteiger partial charge in [-0.25, -0.2) is 14.0 Å². The smallest absolute Gasteiger partial charge is 0.254 e. The van der Waals surface area contributed by atoms with Gasteiger partial charge < -0.3 is 10.6 Å². The number of amides is 1. The van der Waals surface area contributed by atoms with Crippen molar-refractivity contribution in [1.29, 1.82) is 0 Å². The first-order valence-electron chi connectivity index (χ1n) is 9.81. The third kappa shape index (κ3) is 2.85. The number of pyridine rings is 1. The fraction of sp³-hybridized carbons (Fsp3) is 0.182. The van der Waals surface area contributed by atoms with Gasteiger partial charge in [-0.15, -0.1) is 0 Å². The number of aromatic nitrogens is 5. The zero-order valence-corrected chi connectivity index (χ0v) is 16.8. The van der Waals surface area contributed by atoms with Gasteiger partial charge in [0.15, 0.2) is 5.82 Å². The van der Waals surface area contributed by atoms with Gasteiger partial charge in [-0.2, -0.15) is 10.2 Å². The summed E-state index contributed by atoms with van der Waals surface area (Å²) in [6, 6.07) is 13.3. The Bertz CT molecular complexity index is 1380. The molecule has 0 saturated heterocycles. The number of anilines is 1. The van der Waals surface area contributed by atoms with Gasteiger partial charge in [-0.3, -0.25) is 4.79 Å². The average molecular weight is 399 g/mol. The van der Waals surface area contributed by atoms with Crippen LogP contribution in [0.5, 0.6) is 0 Å². The molecule has 2 N–H and O–H groups in total. The molecule has 0 atom stereocenters. The molecule has 5 aromatic rings.